The number of hydrogen-bond donors (Lipinski definition) is 3. The molecular weight excluding hydrogens is 282 g/mol. The number of aliphatic hydroxyl groups excluding tert-OH is 1. The lowest BCUT2D eigenvalue weighted by atomic mass is 10.2. The lowest BCUT2D eigenvalue weighted by Crippen LogP contribution is -2.41. The molecule has 0 aliphatic heterocycles. The first kappa shape index (κ1) is 14.9. The highest BCUT2D eigenvalue weighted by atomic mass is 35.5. The van der Waals surface area contributed by atoms with Crippen LogP contribution in [0.2, 0.25) is 5.02 Å². The Morgan fingerprint density at radius 2 is 2.11 bits per heavy atom. The van der Waals surface area contributed by atoms with Crippen molar-refractivity contribution in [2.75, 3.05) is 6.61 Å². The van der Waals surface area contributed by atoms with Gasteiger partial charge in [-0.15, -0.1) is 0 Å². The highest BCUT2D eigenvalue weighted by Gasteiger charge is 2.24. The zero-order chi connectivity index (χ0) is 13.8. The average Bonchev–Trinajstić information content (AvgIpc) is 2.28. The molecule has 0 amide bonds. The summed E-state index contributed by atoms with van der Waals surface area (Å²) in [7, 11) is -3.98. The van der Waals surface area contributed by atoms with Crippen molar-refractivity contribution in [1.82, 2.24) is 4.72 Å². The summed E-state index contributed by atoms with van der Waals surface area (Å²) in [5.74, 6) is -1.35. The minimum Gasteiger partial charge on any atom is -0.480 e. The molecule has 1 rings (SSSR count). The number of aliphatic carboxylic acids is 1. The van der Waals surface area contributed by atoms with Gasteiger partial charge in [0.15, 0.2) is 0 Å². The first-order chi connectivity index (χ1) is 8.36. The fourth-order valence-electron chi connectivity index (χ4n) is 1.25. The molecule has 0 aliphatic rings. The van der Waals surface area contributed by atoms with E-state index in [0.717, 1.165) is 0 Å². The Bertz CT molecular complexity index is 531. The summed E-state index contributed by atoms with van der Waals surface area (Å²) in [4.78, 5) is 10.7. The molecular formula is C10H12ClNO5S. The van der Waals surface area contributed by atoms with Gasteiger partial charge < -0.3 is 10.2 Å². The molecule has 0 bridgehead atoms. The molecule has 18 heavy (non-hydrogen) atoms. The molecule has 100 valence electrons. The third-order valence-electron chi connectivity index (χ3n) is 2.12. The Morgan fingerprint density at radius 3 is 2.61 bits per heavy atom. The smallest absolute Gasteiger partial charge is 0.321 e. The zero-order valence-electron chi connectivity index (χ0n) is 9.21. The number of aliphatic hydroxyl groups is 1. The second-order valence-corrected chi connectivity index (χ2v) is 5.63. The molecule has 0 unspecified atom stereocenters. The maximum Gasteiger partial charge on any atom is 0.321 e. The van der Waals surface area contributed by atoms with E-state index in [-0.39, 0.29) is 16.3 Å². The first-order valence-electron chi connectivity index (χ1n) is 4.98. The van der Waals surface area contributed by atoms with Crippen LogP contribution in [0.25, 0.3) is 0 Å². The Hall–Kier alpha value is -1.15. The van der Waals surface area contributed by atoms with Gasteiger partial charge in [-0.2, -0.15) is 4.72 Å². The number of hydrogen-bond acceptors (Lipinski definition) is 4. The highest BCUT2D eigenvalue weighted by Crippen LogP contribution is 2.15. The van der Waals surface area contributed by atoms with Crippen LogP contribution in [-0.2, 0) is 14.8 Å². The number of benzene rings is 1. The summed E-state index contributed by atoms with van der Waals surface area (Å²) >= 11 is 5.66. The van der Waals surface area contributed by atoms with Gasteiger partial charge in [0, 0.05) is 11.6 Å². The zero-order valence-corrected chi connectivity index (χ0v) is 10.8. The topological polar surface area (TPSA) is 104 Å². The van der Waals surface area contributed by atoms with Crippen molar-refractivity contribution in [3.8, 4) is 0 Å². The number of rotatable bonds is 6. The van der Waals surface area contributed by atoms with E-state index in [2.05, 4.69) is 0 Å². The van der Waals surface area contributed by atoms with Crippen LogP contribution >= 0.6 is 11.6 Å². The molecule has 1 aromatic rings. The van der Waals surface area contributed by atoms with E-state index in [1.165, 1.54) is 24.3 Å². The van der Waals surface area contributed by atoms with E-state index in [9.17, 15) is 13.2 Å². The molecule has 0 aromatic heterocycles. The largest absolute Gasteiger partial charge is 0.480 e. The highest BCUT2D eigenvalue weighted by molar-refractivity contribution is 7.89. The van der Waals surface area contributed by atoms with Crippen molar-refractivity contribution < 1.29 is 23.4 Å². The fraction of sp³-hybridized carbons (Fsp3) is 0.300. The van der Waals surface area contributed by atoms with Crippen molar-refractivity contribution in [2.45, 2.75) is 17.4 Å². The van der Waals surface area contributed by atoms with E-state index in [1.54, 1.807) is 0 Å². The molecule has 0 fully saturated rings. The fourth-order valence-corrected chi connectivity index (χ4v) is 2.78. The van der Waals surface area contributed by atoms with Gasteiger partial charge in [0.25, 0.3) is 0 Å². The van der Waals surface area contributed by atoms with Gasteiger partial charge in [-0.3, -0.25) is 4.79 Å². The standard InChI is InChI=1S/C10H12ClNO5S/c11-7-2-1-3-8(6-7)18(16,17)12-9(4-5-13)10(14)15/h1-3,6,9,12-13H,4-5H2,(H,14,15)/t9-/m0/s1. The van der Waals surface area contributed by atoms with Crippen molar-refractivity contribution in [1.29, 1.82) is 0 Å². The quantitative estimate of drug-likeness (QED) is 0.707. The summed E-state index contributed by atoms with van der Waals surface area (Å²) in [6.07, 6.45) is -0.213. The van der Waals surface area contributed by atoms with Crippen LogP contribution < -0.4 is 4.72 Å². The molecule has 1 aromatic carbocycles. The summed E-state index contributed by atoms with van der Waals surface area (Å²) in [5.41, 5.74) is 0. The van der Waals surface area contributed by atoms with E-state index in [4.69, 9.17) is 21.8 Å². The van der Waals surface area contributed by atoms with Gasteiger partial charge in [-0.25, -0.2) is 8.42 Å². The summed E-state index contributed by atoms with van der Waals surface area (Å²) in [6, 6.07) is 4.08. The van der Waals surface area contributed by atoms with Crippen LogP contribution in [0.15, 0.2) is 29.2 Å². The molecule has 0 radical (unpaired) electrons. The second kappa shape index (κ2) is 6.14. The third-order valence-corrected chi connectivity index (χ3v) is 3.82. The van der Waals surface area contributed by atoms with Gasteiger partial charge in [0.1, 0.15) is 6.04 Å². The van der Waals surface area contributed by atoms with Crippen LogP contribution in [0.1, 0.15) is 6.42 Å². The normalized spacial score (nSPS) is 13.2. The Kier molecular flexibility index (Phi) is 5.09. The molecule has 0 heterocycles. The van der Waals surface area contributed by atoms with Crippen LogP contribution in [0.4, 0.5) is 0 Å². The number of carboxylic acids is 1. The minimum absolute atomic E-state index is 0.126. The van der Waals surface area contributed by atoms with E-state index in [1.807, 2.05) is 4.72 Å². The first-order valence-corrected chi connectivity index (χ1v) is 6.84. The number of carboxylic acid groups (broad SMARTS) is 1. The van der Waals surface area contributed by atoms with Crippen LogP contribution in [-0.4, -0.2) is 37.2 Å². The summed E-state index contributed by atoms with van der Waals surface area (Å²) in [5, 5.41) is 17.7. The molecule has 8 heteroatoms. The second-order valence-electron chi connectivity index (χ2n) is 3.48. The number of halogens is 1. The van der Waals surface area contributed by atoms with Crippen LogP contribution in [0.5, 0.6) is 0 Å². The molecule has 1 atom stereocenters. The van der Waals surface area contributed by atoms with E-state index in [0.29, 0.717) is 0 Å². The van der Waals surface area contributed by atoms with E-state index >= 15 is 0 Å². The average molecular weight is 294 g/mol. The van der Waals surface area contributed by atoms with E-state index < -0.39 is 28.6 Å². The number of carbonyl (C=O) groups is 1. The van der Waals surface area contributed by atoms with Gasteiger partial charge in [0.05, 0.1) is 4.90 Å². The lowest BCUT2D eigenvalue weighted by molar-refractivity contribution is -0.139. The maximum absolute atomic E-state index is 11.9. The minimum atomic E-state index is -3.98. The molecule has 0 spiro atoms. The maximum atomic E-state index is 11.9. The molecule has 6 nitrogen and oxygen atoms in total. The van der Waals surface area contributed by atoms with Gasteiger partial charge in [0.2, 0.25) is 10.0 Å². The van der Waals surface area contributed by atoms with Crippen LogP contribution in [0.3, 0.4) is 0 Å². The Labute approximate surface area is 109 Å². The lowest BCUT2D eigenvalue weighted by Gasteiger charge is -2.13. The molecule has 3 N–H and O–H groups in total. The van der Waals surface area contributed by atoms with Crippen molar-refractivity contribution >= 4 is 27.6 Å². The molecule has 0 aliphatic carbocycles. The van der Waals surface area contributed by atoms with Crippen molar-refractivity contribution in [2.24, 2.45) is 0 Å². The summed E-state index contributed by atoms with van der Waals surface area (Å²) < 4.78 is 25.7. The number of nitrogens with one attached hydrogen (secondary N) is 1. The monoisotopic (exact) mass is 293 g/mol. The third kappa shape index (κ3) is 3.95. The molecule has 0 saturated carbocycles. The molecule has 0 saturated heterocycles. The Morgan fingerprint density at radius 1 is 1.44 bits per heavy atom. The van der Waals surface area contributed by atoms with Gasteiger partial charge in [-0.05, 0) is 24.6 Å². The van der Waals surface area contributed by atoms with Crippen LogP contribution in [0, 0.1) is 0 Å². The predicted octanol–water partition coefficient (Wildman–Crippen LogP) is 0.454. The predicted molar refractivity (Wildman–Crippen MR) is 64.9 cm³/mol. The van der Waals surface area contributed by atoms with Crippen molar-refractivity contribution in [3.63, 3.8) is 0 Å². The summed E-state index contributed by atoms with van der Waals surface area (Å²) in [6.45, 7) is -0.435. The van der Waals surface area contributed by atoms with Gasteiger partial charge in [-0.1, -0.05) is 17.7 Å². The SMILES string of the molecule is O=C(O)[C@H](CCO)NS(=O)(=O)c1cccc(Cl)c1. The van der Waals surface area contributed by atoms with Crippen molar-refractivity contribution in [3.05, 3.63) is 29.3 Å². The number of sulfonamides is 1. The van der Waals surface area contributed by atoms with Gasteiger partial charge >= 0.3 is 5.97 Å². The Balaban J connectivity index is 2.97.